The lowest BCUT2D eigenvalue weighted by molar-refractivity contribution is 0.170. The Balaban J connectivity index is 1.79. The van der Waals surface area contributed by atoms with E-state index in [-0.39, 0.29) is 0 Å². The van der Waals surface area contributed by atoms with Gasteiger partial charge in [-0.3, -0.25) is 0 Å². The average molecular weight is 296 g/mol. The molecule has 0 aliphatic rings. The largest absolute Gasteiger partial charge is 0.387 e. The molecule has 2 unspecified atom stereocenters. The van der Waals surface area contributed by atoms with Crippen molar-refractivity contribution >= 4 is 22.9 Å². The molecule has 0 saturated carbocycles. The molecule has 1 aromatic carbocycles. The van der Waals surface area contributed by atoms with Crippen LogP contribution in [0.25, 0.3) is 0 Å². The molecule has 2 aromatic rings. The first-order valence-electron chi connectivity index (χ1n) is 6.33. The standard InChI is InChI=1S/C15H18ClNOS/c1-11(8-12-6-7-19-10-12)17-9-15(18)13-2-4-14(16)5-3-13/h2-7,10-11,15,17-18H,8-9H2,1H3. The first-order chi connectivity index (χ1) is 9.15. The highest BCUT2D eigenvalue weighted by Gasteiger charge is 2.10. The molecule has 102 valence electrons. The number of halogens is 1. The molecule has 0 bridgehead atoms. The van der Waals surface area contributed by atoms with Crippen LogP contribution in [0.4, 0.5) is 0 Å². The maximum absolute atomic E-state index is 10.1. The van der Waals surface area contributed by atoms with Gasteiger partial charge in [0.15, 0.2) is 0 Å². The first-order valence-corrected chi connectivity index (χ1v) is 7.65. The normalized spacial score (nSPS) is 14.3. The highest BCUT2D eigenvalue weighted by Crippen LogP contribution is 2.16. The molecule has 0 spiro atoms. The highest BCUT2D eigenvalue weighted by atomic mass is 35.5. The number of thiophene rings is 1. The number of rotatable bonds is 6. The van der Waals surface area contributed by atoms with Crippen molar-refractivity contribution in [3.8, 4) is 0 Å². The maximum atomic E-state index is 10.1. The molecule has 2 nitrogen and oxygen atoms in total. The van der Waals surface area contributed by atoms with Crippen LogP contribution in [0.1, 0.15) is 24.2 Å². The van der Waals surface area contributed by atoms with Crippen molar-refractivity contribution in [3.05, 3.63) is 57.2 Å². The summed E-state index contributed by atoms with van der Waals surface area (Å²) < 4.78 is 0. The van der Waals surface area contributed by atoms with E-state index in [1.54, 1.807) is 23.5 Å². The molecule has 19 heavy (non-hydrogen) atoms. The second-order valence-corrected chi connectivity index (χ2v) is 5.93. The molecule has 2 atom stereocenters. The zero-order valence-corrected chi connectivity index (χ0v) is 12.4. The van der Waals surface area contributed by atoms with E-state index in [1.807, 2.05) is 12.1 Å². The maximum Gasteiger partial charge on any atom is 0.0914 e. The van der Waals surface area contributed by atoms with Crippen LogP contribution in [0, 0.1) is 0 Å². The van der Waals surface area contributed by atoms with Gasteiger partial charge in [0.1, 0.15) is 0 Å². The van der Waals surface area contributed by atoms with E-state index in [0.29, 0.717) is 17.6 Å². The summed E-state index contributed by atoms with van der Waals surface area (Å²) >= 11 is 7.54. The Morgan fingerprint density at radius 1 is 1.26 bits per heavy atom. The third-order valence-corrected chi connectivity index (χ3v) is 4.02. The number of hydrogen-bond acceptors (Lipinski definition) is 3. The van der Waals surface area contributed by atoms with Gasteiger partial charge in [0, 0.05) is 17.6 Å². The summed E-state index contributed by atoms with van der Waals surface area (Å²) in [4.78, 5) is 0. The quantitative estimate of drug-likeness (QED) is 0.852. The van der Waals surface area contributed by atoms with Gasteiger partial charge in [-0.05, 0) is 53.4 Å². The zero-order chi connectivity index (χ0) is 13.7. The van der Waals surface area contributed by atoms with E-state index < -0.39 is 6.10 Å². The monoisotopic (exact) mass is 295 g/mol. The van der Waals surface area contributed by atoms with Crippen LogP contribution in [0.2, 0.25) is 5.02 Å². The van der Waals surface area contributed by atoms with Gasteiger partial charge in [0.05, 0.1) is 6.10 Å². The SMILES string of the molecule is CC(Cc1ccsc1)NCC(O)c1ccc(Cl)cc1. The molecule has 0 saturated heterocycles. The summed E-state index contributed by atoms with van der Waals surface area (Å²) in [6.07, 6.45) is 0.485. The minimum absolute atomic E-state index is 0.344. The molecule has 2 rings (SSSR count). The molecule has 2 N–H and O–H groups in total. The van der Waals surface area contributed by atoms with E-state index in [1.165, 1.54) is 5.56 Å². The first kappa shape index (κ1) is 14.5. The molecule has 0 amide bonds. The Morgan fingerprint density at radius 3 is 2.63 bits per heavy atom. The van der Waals surface area contributed by atoms with Gasteiger partial charge in [0.25, 0.3) is 0 Å². The molecule has 0 aliphatic heterocycles. The summed E-state index contributed by atoms with van der Waals surface area (Å²) in [6, 6.07) is 9.80. The van der Waals surface area contributed by atoms with Crippen molar-refractivity contribution in [1.82, 2.24) is 5.32 Å². The summed E-state index contributed by atoms with van der Waals surface area (Å²) in [5.74, 6) is 0. The average Bonchev–Trinajstić information content (AvgIpc) is 2.89. The molecule has 4 heteroatoms. The summed E-state index contributed by atoms with van der Waals surface area (Å²) in [5, 5.41) is 18.4. The van der Waals surface area contributed by atoms with Crippen LogP contribution >= 0.6 is 22.9 Å². The summed E-state index contributed by atoms with van der Waals surface area (Å²) in [5.41, 5.74) is 2.23. The Hall–Kier alpha value is -0.870. The van der Waals surface area contributed by atoms with Crippen LogP contribution in [-0.4, -0.2) is 17.7 Å². The van der Waals surface area contributed by atoms with Crippen molar-refractivity contribution in [2.24, 2.45) is 0 Å². The fourth-order valence-corrected chi connectivity index (χ4v) is 2.76. The van der Waals surface area contributed by atoms with Crippen LogP contribution in [0.5, 0.6) is 0 Å². The lowest BCUT2D eigenvalue weighted by Crippen LogP contribution is -2.31. The van der Waals surface area contributed by atoms with Gasteiger partial charge >= 0.3 is 0 Å². The smallest absolute Gasteiger partial charge is 0.0914 e. The van der Waals surface area contributed by atoms with Crippen LogP contribution in [-0.2, 0) is 6.42 Å². The van der Waals surface area contributed by atoms with Crippen LogP contribution < -0.4 is 5.32 Å². The number of nitrogens with one attached hydrogen (secondary N) is 1. The van der Waals surface area contributed by atoms with Gasteiger partial charge in [-0.25, -0.2) is 0 Å². The van der Waals surface area contributed by atoms with E-state index in [4.69, 9.17) is 11.6 Å². The van der Waals surface area contributed by atoms with Gasteiger partial charge in [-0.2, -0.15) is 11.3 Å². The fourth-order valence-electron chi connectivity index (χ4n) is 1.95. The zero-order valence-electron chi connectivity index (χ0n) is 10.8. The Labute approximate surface area is 123 Å². The predicted octanol–water partition coefficient (Wildman–Crippen LogP) is 3.66. The van der Waals surface area contributed by atoms with Crippen molar-refractivity contribution < 1.29 is 5.11 Å². The second kappa shape index (κ2) is 7.06. The van der Waals surface area contributed by atoms with Crippen molar-refractivity contribution in [2.45, 2.75) is 25.5 Å². The van der Waals surface area contributed by atoms with Crippen molar-refractivity contribution in [3.63, 3.8) is 0 Å². The number of hydrogen-bond donors (Lipinski definition) is 2. The fraction of sp³-hybridized carbons (Fsp3) is 0.333. The van der Waals surface area contributed by atoms with Gasteiger partial charge in [0.2, 0.25) is 0 Å². The van der Waals surface area contributed by atoms with Crippen LogP contribution in [0.15, 0.2) is 41.1 Å². The molecule has 0 fully saturated rings. The molecular weight excluding hydrogens is 278 g/mol. The third-order valence-electron chi connectivity index (χ3n) is 3.04. The molecule has 0 aliphatic carbocycles. The Kier molecular flexibility index (Phi) is 5.40. The molecule has 1 heterocycles. The van der Waals surface area contributed by atoms with Crippen LogP contribution in [0.3, 0.4) is 0 Å². The number of benzene rings is 1. The molecule has 0 radical (unpaired) electrons. The van der Waals surface area contributed by atoms with E-state index in [2.05, 4.69) is 29.1 Å². The minimum atomic E-state index is -0.498. The van der Waals surface area contributed by atoms with E-state index >= 15 is 0 Å². The summed E-state index contributed by atoms with van der Waals surface area (Å²) in [6.45, 7) is 2.68. The van der Waals surface area contributed by atoms with Gasteiger partial charge < -0.3 is 10.4 Å². The van der Waals surface area contributed by atoms with Crippen molar-refractivity contribution in [2.75, 3.05) is 6.54 Å². The summed E-state index contributed by atoms with van der Waals surface area (Å²) in [7, 11) is 0. The van der Waals surface area contributed by atoms with Gasteiger partial charge in [-0.15, -0.1) is 0 Å². The highest BCUT2D eigenvalue weighted by molar-refractivity contribution is 7.07. The third kappa shape index (κ3) is 4.62. The van der Waals surface area contributed by atoms with E-state index in [0.717, 1.165) is 12.0 Å². The predicted molar refractivity (Wildman–Crippen MR) is 81.9 cm³/mol. The molecular formula is C15H18ClNOS. The number of aliphatic hydroxyl groups excluding tert-OH is 1. The Bertz CT molecular complexity index is 483. The lowest BCUT2D eigenvalue weighted by atomic mass is 10.1. The second-order valence-electron chi connectivity index (χ2n) is 4.71. The lowest BCUT2D eigenvalue weighted by Gasteiger charge is -2.17. The van der Waals surface area contributed by atoms with Crippen molar-refractivity contribution in [1.29, 1.82) is 0 Å². The topological polar surface area (TPSA) is 32.3 Å². The Morgan fingerprint density at radius 2 is 2.00 bits per heavy atom. The number of aliphatic hydroxyl groups is 1. The minimum Gasteiger partial charge on any atom is -0.387 e. The molecule has 1 aromatic heterocycles. The van der Waals surface area contributed by atoms with E-state index in [9.17, 15) is 5.11 Å². The van der Waals surface area contributed by atoms with Gasteiger partial charge in [-0.1, -0.05) is 23.7 Å².